The predicted molar refractivity (Wildman–Crippen MR) is 136 cm³/mol. The molecule has 1 aromatic carbocycles. The van der Waals surface area contributed by atoms with Crippen LogP contribution in [0.15, 0.2) is 58.2 Å². The van der Waals surface area contributed by atoms with Crippen molar-refractivity contribution in [2.75, 3.05) is 11.8 Å². The van der Waals surface area contributed by atoms with Crippen molar-refractivity contribution in [2.45, 2.75) is 30.0 Å². The number of anilines is 1. The molecule has 0 unspecified atom stereocenters. The molecular formula is C24H25N6O4S2+. The molecule has 3 aromatic heterocycles. The van der Waals surface area contributed by atoms with E-state index >= 15 is 0 Å². The molecule has 10 nitrogen and oxygen atoms in total. The number of benzene rings is 1. The molecule has 5 rings (SSSR count). The van der Waals surface area contributed by atoms with Crippen molar-refractivity contribution in [3.63, 3.8) is 0 Å². The van der Waals surface area contributed by atoms with Crippen molar-refractivity contribution in [1.29, 1.82) is 0 Å². The largest absolute Gasteiger partial charge is 0.359 e. The number of aromatic nitrogens is 4. The fourth-order valence-corrected chi connectivity index (χ4v) is 7.01. The average molecular weight is 526 g/mol. The minimum Gasteiger partial charge on any atom is -0.359 e. The lowest BCUT2D eigenvalue weighted by Crippen LogP contribution is -2.41. The van der Waals surface area contributed by atoms with Crippen molar-refractivity contribution in [1.82, 2.24) is 19.9 Å². The number of amides is 1. The molecule has 1 amide bonds. The number of rotatable bonds is 6. The summed E-state index contributed by atoms with van der Waals surface area (Å²) >= 11 is 1.14. The Morgan fingerprint density at radius 2 is 1.97 bits per heavy atom. The number of hydrogen-bond acceptors (Lipinski definition) is 7. The summed E-state index contributed by atoms with van der Waals surface area (Å²) in [6, 6.07) is 6.94. The first-order chi connectivity index (χ1) is 17.2. The zero-order valence-corrected chi connectivity index (χ0v) is 21.6. The first-order valence-corrected chi connectivity index (χ1v) is 13.6. The summed E-state index contributed by atoms with van der Waals surface area (Å²) in [6.07, 6.45) is 7.55. The summed E-state index contributed by atoms with van der Waals surface area (Å²) in [5.74, 6) is -0.103. The number of nitrogens with one attached hydrogen (secondary N) is 2. The summed E-state index contributed by atoms with van der Waals surface area (Å²) in [6.45, 7) is 1.75. The summed E-state index contributed by atoms with van der Waals surface area (Å²) in [5.41, 5.74) is 2.74. The maximum atomic E-state index is 13.3. The molecule has 0 saturated heterocycles. The number of nitrogens with zero attached hydrogens (tertiary/aromatic N) is 4. The van der Waals surface area contributed by atoms with E-state index in [1.54, 1.807) is 66.5 Å². The van der Waals surface area contributed by atoms with Crippen LogP contribution in [0.2, 0.25) is 0 Å². The van der Waals surface area contributed by atoms with E-state index in [1.165, 1.54) is 6.20 Å². The van der Waals surface area contributed by atoms with Crippen molar-refractivity contribution in [2.24, 2.45) is 13.0 Å². The van der Waals surface area contributed by atoms with E-state index in [-0.39, 0.29) is 27.6 Å². The van der Waals surface area contributed by atoms with Gasteiger partial charge in [0.2, 0.25) is 10.1 Å². The third-order valence-corrected chi connectivity index (χ3v) is 9.48. The van der Waals surface area contributed by atoms with Gasteiger partial charge in [-0.25, -0.2) is 13.4 Å². The molecule has 36 heavy (non-hydrogen) atoms. The lowest BCUT2D eigenvalue weighted by Gasteiger charge is -2.34. The number of carbonyl (C=O) groups excluding carboxylic acids is 1. The molecule has 12 heteroatoms. The Labute approximate surface area is 211 Å². The van der Waals surface area contributed by atoms with Gasteiger partial charge in [-0.2, -0.15) is 0 Å². The number of hydrogen-bond donors (Lipinski definition) is 2. The van der Waals surface area contributed by atoms with Crippen LogP contribution in [0.3, 0.4) is 0 Å². The SMILES string of the molecule is CNC(=O)C1CC(n2cnc3ccc(-c4cncc(NS(=O)(=O)c5s[n+](C)cc5C)c4)cc3c2=O)C1. The molecule has 186 valence electrons. The molecule has 0 aliphatic heterocycles. The Balaban J connectivity index is 1.44. The topological polar surface area (TPSA) is 127 Å². The minimum atomic E-state index is -3.77. The molecule has 1 aliphatic rings. The van der Waals surface area contributed by atoms with Crippen LogP contribution in [-0.2, 0) is 21.9 Å². The second-order valence-corrected chi connectivity index (χ2v) is 12.0. The molecule has 1 saturated carbocycles. The highest BCUT2D eigenvalue weighted by Gasteiger charge is 2.35. The molecule has 0 radical (unpaired) electrons. The van der Waals surface area contributed by atoms with Gasteiger partial charge in [-0.1, -0.05) is 6.07 Å². The van der Waals surface area contributed by atoms with Crippen molar-refractivity contribution < 1.29 is 17.2 Å². The summed E-state index contributed by atoms with van der Waals surface area (Å²) in [7, 11) is -0.378. The van der Waals surface area contributed by atoms with Crippen molar-refractivity contribution in [3.8, 4) is 11.1 Å². The van der Waals surface area contributed by atoms with Crippen molar-refractivity contribution >= 4 is 44.1 Å². The van der Waals surface area contributed by atoms with Gasteiger partial charge in [0.25, 0.3) is 15.6 Å². The van der Waals surface area contributed by atoms with Crippen LogP contribution in [0.1, 0.15) is 24.4 Å². The van der Waals surface area contributed by atoms with Crippen LogP contribution >= 0.6 is 11.5 Å². The van der Waals surface area contributed by atoms with E-state index in [4.69, 9.17) is 0 Å². The molecule has 0 spiro atoms. The van der Waals surface area contributed by atoms with E-state index < -0.39 is 10.0 Å². The summed E-state index contributed by atoms with van der Waals surface area (Å²) < 4.78 is 32.0. The first-order valence-electron chi connectivity index (χ1n) is 11.3. The van der Waals surface area contributed by atoms with Gasteiger partial charge in [-0.3, -0.25) is 23.9 Å². The Morgan fingerprint density at radius 1 is 1.19 bits per heavy atom. The maximum absolute atomic E-state index is 13.3. The van der Waals surface area contributed by atoms with Gasteiger partial charge in [0.1, 0.15) is 0 Å². The average Bonchev–Trinajstić information content (AvgIpc) is 3.18. The van der Waals surface area contributed by atoms with Crippen LogP contribution < -0.4 is 19.6 Å². The molecule has 1 aliphatic carbocycles. The smallest absolute Gasteiger partial charge is 0.277 e. The third-order valence-electron chi connectivity index (χ3n) is 6.40. The van der Waals surface area contributed by atoms with Gasteiger partial charge >= 0.3 is 0 Å². The van der Waals surface area contributed by atoms with Gasteiger partial charge < -0.3 is 5.32 Å². The highest BCUT2D eigenvalue weighted by molar-refractivity contribution is 7.94. The van der Waals surface area contributed by atoms with Gasteiger partial charge in [-0.05, 0) is 43.5 Å². The molecule has 0 bridgehead atoms. The quantitative estimate of drug-likeness (QED) is 0.372. The number of aryl methyl sites for hydroxylation is 2. The molecule has 2 N–H and O–H groups in total. The maximum Gasteiger partial charge on any atom is 0.277 e. The van der Waals surface area contributed by atoms with Gasteiger partial charge in [0.05, 0.1) is 34.7 Å². The second kappa shape index (κ2) is 9.10. The van der Waals surface area contributed by atoms with Gasteiger partial charge in [-0.15, -0.1) is 3.96 Å². The molecule has 3 heterocycles. The zero-order valence-electron chi connectivity index (χ0n) is 19.9. The van der Waals surface area contributed by atoms with Crippen molar-refractivity contribution in [3.05, 3.63) is 65.1 Å². The Morgan fingerprint density at radius 3 is 2.67 bits per heavy atom. The van der Waals surface area contributed by atoms with Crippen LogP contribution in [0.4, 0.5) is 5.69 Å². The van der Waals surface area contributed by atoms with Crippen LogP contribution in [-0.4, -0.2) is 35.9 Å². The first kappa shape index (κ1) is 24.1. The third kappa shape index (κ3) is 4.37. The fraction of sp³-hybridized carbons (Fsp3) is 0.292. The van der Waals surface area contributed by atoms with Crippen LogP contribution in [0, 0.1) is 12.8 Å². The lowest BCUT2D eigenvalue weighted by atomic mass is 9.79. The lowest BCUT2D eigenvalue weighted by molar-refractivity contribution is -0.601. The van der Waals surface area contributed by atoms with E-state index in [0.29, 0.717) is 46.1 Å². The standard InChI is InChI=1S/C24H24N6O4S2/c1-14-12-29(3)35-24(14)36(33,34)28-18-6-17(10-26-11-18)15-4-5-21-20(9-15)23(32)30(13-27-21)19-7-16(8-19)22(31)25-2/h4-6,9-13,16,19,28H,7-8H2,1-3H3/p+1. The fourth-order valence-electron chi connectivity index (χ4n) is 4.48. The summed E-state index contributed by atoms with van der Waals surface area (Å²) in [4.78, 5) is 33.7. The molecule has 1 fully saturated rings. The predicted octanol–water partition coefficient (Wildman–Crippen LogP) is 2.15. The van der Waals surface area contributed by atoms with E-state index in [2.05, 4.69) is 20.0 Å². The number of fused-ring (bicyclic) bond motifs is 1. The minimum absolute atomic E-state index is 0.0125. The van der Waals surface area contributed by atoms with Gasteiger partial charge in [0.15, 0.2) is 24.8 Å². The molecule has 4 aromatic rings. The van der Waals surface area contributed by atoms with Gasteiger partial charge in [0, 0.05) is 30.8 Å². The summed E-state index contributed by atoms with van der Waals surface area (Å²) in [5, 5.41) is 3.10. The van der Waals surface area contributed by atoms with Crippen LogP contribution in [0.25, 0.3) is 22.0 Å². The number of carbonyl (C=O) groups is 1. The van der Waals surface area contributed by atoms with Crippen LogP contribution in [0.5, 0.6) is 0 Å². The van der Waals surface area contributed by atoms with E-state index in [1.807, 2.05) is 6.07 Å². The zero-order chi connectivity index (χ0) is 25.6. The highest BCUT2D eigenvalue weighted by atomic mass is 32.2. The number of sulfonamides is 1. The second-order valence-electron chi connectivity index (χ2n) is 8.93. The highest BCUT2D eigenvalue weighted by Crippen LogP contribution is 2.37. The van der Waals surface area contributed by atoms with E-state index in [0.717, 1.165) is 11.5 Å². The molecule has 0 atom stereocenters. The Bertz CT molecular complexity index is 1650. The Kier molecular flexibility index (Phi) is 6.08. The van der Waals surface area contributed by atoms with E-state index in [9.17, 15) is 18.0 Å². The normalized spacial score (nSPS) is 17.5. The molecular weight excluding hydrogens is 500 g/mol. The Hall–Kier alpha value is -3.64. The monoisotopic (exact) mass is 525 g/mol. The number of pyridine rings is 1.